The Kier molecular flexibility index (Phi) is 10.3. The van der Waals surface area contributed by atoms with E-state index in [1.807, 2.05) is 0 Å². The average Bonchev–Trinajstić information content (AvgIpc) is 2.69. The lowest BCUT2D eigenvalue weighted by atomic mass is 10.1. The highest BCUT2D eigenvalue weighted by Gasteiger charge is 2.89. The number of alkyl halides is 18. The van der Waals surface area contributed by atoms with Gasteiger partial charge in [-0.3, -0.25) is 0 Å². The van der Waals surface area contributed by atoms with Crippen molar-refractivity contribution in [3.8, 4) is 0 Å². The Balaban J connectivity index is 8.37. The molecule has 0 unspecified atom stereocenters. The fraction of sp³-hybridized carbons (Fsp3) is 0.875. The molecule has 0 aromatic carbocycles. The zero-order chi connectivity index (χ0) is 34.7. The Morgan fingerprint density at radius 2 is 0.667 bits per heavy atom. The van der Waals surface area contributed by atoms with Crippen LogP contribution in [0.15, 0.2) is 10.1 Å². The molecule has 0 spiro atoms. The van der Waals surface area contributed by atoms with E-state index in [2.05, 4.69) is 0 Å². The fourth-order valence-electron chi connectivity index (χ4n) is 2.44. The molecule has 6 nitrogen and oxygen atoms in total. The molecule has 0 aromatic rings. The molecule has 0 aliphatic heterocycles. The van der Waals surface area contributed by atoms with Crippen molar-refractivity contribution in [3.05, 3.63) is 10.1 Å². The van der Waals surface area contributed by atoms with Crippen LogP contribution in [0.2, 0.25) is 0 Å². The quantitative estimate of drug-likeness (QED) is 0.250. The summed E-state index contributed by atoms with van der Waals surface area (Å²) in [4.78, 5) is 0. The van der Waals surface area contributed by atoms with Crippen LogP contribution in [0.1, 0.15) is 27.7 Å². The molecule has 0 aliphatic rings. The van der Waals surface area contributed by atoms with Gasteiger partial charge in [-0.1, -0.05) is 0 Å². The van der Waals surface area contributed by atoms with Crippen LogP contribution < -0.4 is 10.6 Å². The van der Waals surface area contributed by atoms with Crippen LogP contribution in [-0.2, 0) is 19.7 Å². The van der Waals surface area contributed by atoms with E-state index < -0.39 is 88.4 Å². The number of hydrogen-bond donors (Lipinski definition) is 2. The van der Waals surface area contributed by atoms with Crippen LogP contribution in [0.4, 0.5) is 79.0 Å². The second kappa shape index (κ2) is 10.9. The summed E-state index contributed by atoms with van der Waals surface area (Å²) in [5.41, 5.74) is 0. The van der Waals surface area contributed by atoms with Crippen LogP contribution in [-0.4, -0.2) is 75.5 Å². The third-order valence-electron chi connectivity index (χ3n) is 4.47. The summed E-state index contributed by atoms with van der Waals surface area (Å²) in [5.74, 6) is -35.8. The van der Waals surface area contributed by atoms with Gasteiger partial charge in [0, 0.05) is 12.1 Å². The molecule has 0 aliphatic carbocycles. The molecule has 42 heavy (non-hydrogen) atoms. The summed E-state index contributed by atoms with van der Waals surface area (Å²) >= 11 is 0. The van der Waals surface area contributed by atoms with Gasteiger partial charge in [-0.25, -0.2) is 16.8 Å². The fourth-order valence-corrected chi connectivity index (χ4v) is 6.40. The van der Waals surface area contributed by atoms with Crippen molar-refractivity contribution in [1.82, 2.24) is 10.6 Å². The predicted octanol–water partition coefficient (Wildman–Crippen LogP) is 5.79. The van der Waals surface area contributed by atoms with E-state index >= 15 is 0 Å². The van der Waals surface area contributed by atoms with Crippen molar-refractivity contribution >= 4 is 19.7 Å². The van der Waals surface area contributed by atoms with Crippen LogP contribution in [0.3, 0.4) is 0 Å². The van der Waals surface area contributed by atoms with Gasteiger partial charge in [0.1, 0.15) is 5.82 Å². The van der Waals surface area contributed by atoms with Crippen molar-refractivity contribution < 1.29 is 95.9 Å². The van der Waals surface area contributed by atoms with Gasteiger partial charge in [0.25, 0.3) is 19.7 Å². The second-order valence-corrected chi connectivity index (χ2v) is 12.7. The third kappa shape index (κ3) is 5.88. The van der Waals surface area contributed by atoms with E-state index in [-0.39, 0.29) is 0 Å². The lowest BCUT2D eigenvalue weighted by molar-refractivity contribution is -0.382. The van der Waals surface area contributed by atoms with E-state index in [9.17, 15) is 95.9 Å². The molecular weight excluding hydrogens is 690 g/mol. The zero-order valence-electron chi connectivity index (χ0n) is 20.4. The first-order chi connectivity index (χ1) is 17.9. The summed E-state index contributed by atoms with van der Waals surface area (Å²) < 4.78 is 287. The van der Waals surface area contributed by atoms with Crippen LogP contribution in [0.25, 0.3) is 0 Å². The Morgan fingerprint density at radius 1 is 0.452 bits per heavy atom. The minimum Gasteiger partial charge on any atom is -0.368 e. The topological polar surface area (TPSA) is 92.3 Å². The van der Waals surface area contributed by atoms with E-state index in [1.54, 1.807) is 0 Å². The molecule has 0 rings (SSSR count). The van der Waals surface area contributed by atoms with E-state index in [0.29, 0.717) is 27.7 Å². The molecule has 0 saturated carbocycles. The highest BCUT2D eigenvalue weighted by Crippen LogP contribution is 2.59. The summed E-state index contributed by atoms with van der Waals surface area (Å²) in [6, 6.07) is -3.47. The number of rotatable bonds is 12. The van der Waals surface area contributed by atoms with Crippen molar-refractivity contribution in [3.63, 3.8) is 0 Å². The molecule has 0 atom stereocenters. The maximum Gasteiger partial charge on any atom is 0.460 e. The van der Waals surface area contributed by atoms with Crippen LogP contribution in [0, 0.1) is 0 Å². The summed E-state index contributed by atoms with van der Waals surface area (Å²) in [6.45, 7) is 2.70. The smallest absolute Gasteiger partial charge is 0.368 e. The largest absolute Gasteiger partial charge is 0.460 e. The van der Waals surface area contributed by atoms with Crippen LogP contribution in [0.5, 0.6) is 0 Å². The second-order valence-electron chi connectivity index (χ2n) is 8.59. The van der Waals surface area contributed by atoms with Gasteiger partial charge in [0.05, 0.1) is 0 Å². The Bertz CT molecular complexity index is 1150. The van der Waals surface area contributed by atoms with Crippen molar-refractivity contribution in [2.45, 2.75) is 86.3 Å². The van der Waals surface area contributed by atoms with E-state index in [0.717, 1.165) is 0 Å². The Labute approximate surface area is 223 Å². The monoisotopic (exact) mass is 706 g/mol. The standard InChI is InChI=1S/C16H16F18N2O4S2/c1-5(2)35-7(36-6(3)4)8(41(37,38)15(31,32)11(21,22)9(17,18)13(25,26)27)42(39,40)16(33,34)12(23,24)10(19,20)14(28,29)30/h5-6,35-36H,1-4H3. The average molecular weight is 706 g/mol. The maximum absolute atomic E-state index is 14.5. The summed E-state index contributed by atoms with van der Waals surface area (Å²) in [7, 11) is -17.8. The molecule has 0 saturated heterocycles. The first-order valence-corrected chi connectivity index (χ1v) is 13.0. The highest BCUT2D eigenvalue weighted by molar-refractivity contribution is 8.15. The van der Waals surface area contributed by atoms with Gasteiger partial charge < -0.3 is 10.6 Å². The molecule has 0 aromatic heterocycles. The summed E-state index contributed by atoms with van der Waals surface area (Å²) in [5, 5.41) is -14.0. The van der Waals surface area contributed by atoms with E-state index in [1.165, 1.54) is 10.6 Å². The first kappa shape index (κ1) is 40.0. The molecule has 2 N–H and O–H groups in total. The van der Waals surface area contributed by atoms with Gasteiger partial charge in [-0.05, 0) is 27.7 Å². The maximum atomic E-state index is 14.5. The number of hydrogen-bond acceptors (Lipinski definition) is 6. The number of halogens is 18. The SMILES string of the molecule is CC(C)NC(NC(C)C)=C(S(=O)(=O)C(F)(F)C(F)(F)C(F)(F)C(F)(F)F)S(=O)(=O)C(F)(F)C(F)(F)C(F)(F)C(F)(F)F. The number of nitrogens with one attached hydrogen (secondary N) is 2. The van der Waals surface area contributed by atoms with Crippen molar-refractivity contribution in [2.75, 3.05) is 0 Å². The van der Waals surface area contributed by atoms with Gasteiger partial charge in [-0.2, -0.15) is 79.0 Å². The molecule has 0 fully saturated rings. The van der Waals surface area contributed by atoms with Gasteiger partial charge in [-0.15, -0.1) is 0 Å². The minimum atomic E-state index is -8.91. The molecule has 0 heterocycles. The van der Waals surface area contributed by atoms with Crippen molar-refractivity contribution in [1.29, 1.82) is 0 Å². The first-order valence-electron chi connectivity index (χ1n) is 10.0. The van der Waals surface area contributed by atoms with Gasteiger partial charge in [0.2, 0.25) is 4.24 Å². The highest BCUT2D eigenvalue weighted by atomic mass is 32.3. The van der Waals surface area contributed by atoms with Crippen LogP contribution >= 0.6 is 0 Å². The van der Waals surface area contributed by atoms with E-state index in [4.69, 9.17) is 0 Å². The number of sulfone groups is 2. The molecular formula is C16H16F18N2O4S2. The molecule has 0 radical (unpaired) electrons. The predicted molar refractivity (Wildman–Crippen MR) is 103 cm³/mol. The normalized spacial score (nSPS) is 15.7. The Hall–Kier alpha value is -2.02. The van der Waals surface area contributed by atoms with Gasteiger partial charge in [0.15, 0.2) is 0 Å². The molecule has 0 amide bonds. The zero-order valence-corrected chi connectivity index (χ0v) is 22.0. The Morgan fingerprint density at radius 3 is 0.833 bits per heavy atom. The molecule has 0 bridgehead atoms. The lowest BCUT2D eigenvalue weighted by Gasteiger charge is -2.36. The lowest BCUT2D eigenvalue weighted by Crippen LogP contribution is -2.66. The molecule has 252 valence electrons. The molecule has 26 heteroatoms. The van der Waals surface area contributed by atoms with Crippen molar-refractivity contribution in [2.24, 2.45) is 0 Å². The minimum absolute atomic E-state index is 0.675. The van der Waals surface area contributed by atoms with Gasteiger partial charge >= 0.3 is 46.6 Å². The third-order valence-corrected chi connectivity index (χ3v) is 9.03. The summed E-state index contributed by atoms with van der Waals surface area (Å²) in [6.07, 6.45) is -15.6.